The smallest absolute Gasteiger partial charge is 0.358 e. The molecule has 4 nitrogen and oxygen atoms in total. The number of hydrogen-bond acceptors (Lipinski definition) is 3. The minimum Gasteiger partial charge on any atom is -0.358 e. The second-order valence-electron chi connectivity index (χ2n) is 8.79. The van der Waals surface area contributed by atoms with Crippen LogP contribution in [0.4, 0.5) is 17.6 Å². The highest BCUT2D eigenvalue weighted by molar-refractivity contribution is 5.83. The number of pyridine rings is 1. The number of rotatable bonds is 8. The van der Waals surface area contributed by atoms with Crippen LogP contribution in [0.3, 0.4) is 0 Å². The first-order chi connectivity index (χ1) is 16.7. The second-order valence-corrected chi connectivity index (χ2v) is 8.79. The number of halogens is 4. The summed E-state index contributed by atoms with van der Waals surface area (Å²) >= 11 is 0. The van der Waals surface area contributed by atoms with E-state index < -0.39 is 23.7 Å². The molecule has 2 atom stereocenters. The van der Waals surface area contributed by atoms with Crippen molar-refractivity contribution >= 4 is 5.91 Å². The number of benzene rings is 2. The van der Waals surface area contributed by atoms with Crippen LogP contribution in [-0.4, -0.2) is 17.9 Å². The van der Waals surface area contributed by atoms with Gasteiger partial charge in [0.2, 0.25) is 5.91 Å². The SMILES string of the molecule is CNC(=O)C(NC(CCc1ccc(C(F)(F)F)nc1)c1ccc2c(c1)CCC2)c1ccc(F)cc1. The van der Waals surface area contributed by atoms with E-state index in [1.165, 1.54) is 35.5 Å². The molecule has 0 fully saturated rings. The number of likely N-dealkylation sites (N-methyl/N-ethyl adjacent to an activating group) is 1. The molecule has 2 unspecified atom stereocenters. The highest BCUT2D eigenvalue weighted by Gasteiger charge is 2.32. The van der Waals surface area contributed by atoms with Crippen LogP contribution in [0.15, 0.2) is 60.8 Å². The maximum atomic E-state index is 13.5. The summed E-state index contributed by atoms with van der Waals surface area (Å²) in [6.07, 6.45) is 0.896. The van der Waals surface area contributed by atoms with Gasteiger partial charge in [-0.1, -0.05) is 36.4 Å². The zero-order chi connectivity index (χ0) is 25.0. The quantitative estimate of drug-likeness (QED) is 0.416. The molecule has 3 aromatic rings. The third-order valence-electron chi connectivity index (χ3n) is 6.44. The summed E-state index contributed by atoms with van der Waals surface area (Å²) in [6.45, 7) is 0. The minimum atomic E-state index is -4.48. The second kappa shape index (κ2) is 10.6. The van der Waals surface area contributed by atoms with E-state index in [1.807, 2.05) is 6.07 Å². The average Bonchev–Trinajstić information content (AvgIpc) is 3.32. The number of alkyl halides is 3. The molecule has 0 bridgehead atoms. The summed E-state index contributed by atoms with van der Waals surface area (Å²) in [5.41, 5.74) is 3.97. The molecule has 1 amide bonds. The zero-order valence-corrected chi connectivity index (χ0v) is 19.3. The fraction of sp³-hybridized carbons (Fsp3) is 0.333. The van der Waals surface area contributed by atoms with E-state index in [2.05, 4.69) is 27.8 Å². The van der Waals surface area contributed by atoms with Gasteiger partial charge in [-0.15, -0.1) is 0 Å². The number of nitrogens with zero attached hydrogens (tertiary/aromatic N) is 1. The van der Waals surface area contributed by atoms with Crippen molar-refractivity contribution in [3.05, 3.63) is 100 Å². The van der Waals surface area contributed by atoms with E-state index in [-0.39, 0.29) is 11.9 Å². The maximum Gasteiger partial charge on any atom is 0.433 e. The van der Waals surface area contributed by atoms with Gasteiger partial charge < -0.3 is 5.32 Å². The lowest BCUT2D eigenvalue weighted by atomic mass is 9.94. The van der Waals surface area contributed by atoms with Crippen LogP contribution >= 0.6 is 0 Å². The third kappa shape index (κ3) is 6.06. The van der Waals surface area contributed by atoms with E-state index in [0.717, 1.165) is 30.9 Å². The van der Waals surface area contributed by atoms with Crippen LogP contribution in [0.2, 0.25) is 0 Å². The summed E-state index contributed by atoms with van der Waals surface area (Å²) in [4.78, 5) is 16.3. The Bertz CT molecular complexity index is 1160. The third-order valence-corrected chi connectivity index (χ3v) is 6.44. The van der Waals surface area contributed by atoms with Gasteiger partial charge >= 0.3 is 6.18 Å². The summed E-state index contributed by atoms with van der Waals surface area (Å²) in [5, 5.41) is 6.08. The van der Waals surface area contributed by atoms with Crippen molar-refractivity contribution in [2.45, 2.75) is 50.4 Å². The zero-order valence-electron chi connectivity index (χ0n) is 19.3. The molecule has 2 aromatic carbocycles. The number of carbonyl (C=O) groups excluding carboxylic acids is 1. The molecule has 1 aromatic heterocycles. The molecule has 1 aliphatic carbocycles. The van der Waals surface area contributed by atoms with Gasteiger partial charge in [-0.05, 0) is 78.1 Å². The molecule has 0 saturated carbocycles. The topological polar surface area (TPSA) is 54.0 Å². The Morgan fingerprint density at radius 2 is 1.71 bits per heavy atom. The number of aryl methyl sites for hydroxylation is 3. The van der Waals surface area contributed by atoms with Crippen LogP contribution in [0.25, 0.3) is 0 Å². The van der Waals surface area contributed by atoms with Crippen molar-refractivity contribution in [3.8, 4) is 0 Å². The molecule has 1 aliphatic rings. The first-order valence-electron chi connectivity index (χ1n) is 11.6. The van der Waals surface area contributed by atoms with Crippen LogP contribution in [0.5, 0.6) is 0 Å². The predicted molar refractivity (Wildman–Crippen MR) is 125 cm³/mol. The normalized spacial score (nSPS) is 14.9. The molecule has 184 valence electrons. The lowest BCUT2D eigenvalue weighted by molar-refractivity contribution is -0.141. The number of aromatic nitrogens is 1. The van der Waals surface area contributed by atoms with Gasteiger partial charge in [0.05, 0.1) is 0 Å². The first kappa shape index (κ1) is 24.9. The average molecular weight is 486 g/mol. The van der Waals surface area contributed by atoms with Crippen LogP contribution in [-0.2, 0) is 30.2 Å². The maximum absolute atomic E-state index is 13.5. The van der Waals surface area contributed by atoms with E-state index >= 15 is 0 Å². The Labute approximate surface area is 201 Å². The van der Waals surface area contributed by atoms with Crippen LogP contribution in [0, 0.1) is 5.82 Å². The Balaban J connectivity index is 1.60. The first-order valence-corrected chi connectivity index (χ1v) is 11.6. The van der Waals surface area contributed by atoms with Crippen LogP contribution in [0.1, 0.15) is 58.4 Å². The Morgan fingerprint density at radius 1 is 1.00 bits per heavy atom. The Kier molecular flexibility index (Phi) is 7.50. The molecular formula is C27H27F4N3O. The molecule has 0 spiro atoms. The molecule has 4 rings (SSSR count). The van der Waals surface area contributed by atoms with Gasteiger partial charge in [-0.2, -0.15) is 13.2 Å². The van der Waals surface area contributed by atoms with E-state index in [1.54, 1.807) is 19.2 Å². The molecule has 0 aliphatic heterocycles. The summed E-state index contributed by atoms with van der Waals surface area (Å²) in [5.74, 6) is -0.659. The Morgan fingerprint density at radius 3 is 2.37 bits per heavy atom. The largest absolute Gasteiger partial charge is 0.433 e. The molecule has 8 heteroatoms. The lowest BCUT2D eigenvalue weighted by Crippen LogP contribution is -2.38. The molecule has 2 N–H and O–H groups in total. The number of hydrogen-bond donors (Lipinski definition) is 2. The van der Waals surface area contributed by atoms with Gasteiger partial charge in [-0.25, -0.2) is 4.39 Å². The van der Waals surface area contributed by atoms with Crippen molar-refractivity contribution in [1.29, 1.82) is 0 Å². The summed E-state index contributed by atoms with van der Waals surface area (Å²) in [6, 6.07) is 13.5. The van der Waals surface area contributed by atoms with Gasteiger partial charge in [0.1, 0.15) is 17.6 Å². The van der Waals surface area contributed by atoms with Gasteiger partial charge in [0.15, 0.2) is 0 Å². The number of amides is 1. The van der Waals surface area contributed by atoms with Gasteiger partial charge in [0.25, 0.3) is 0 Å². The highest BCUT2D eigenvalue weighted by Crippen LogP contribution is 2.31. The van der Waals surface area contributed by atoms with Crippen molar-refractivity contribution in [2.75, 3.05) is 7.05 Å². The monoisotopic (exact) mass is 485 g/mol. The molecule has 1 heterocycles. The summed E-state index contributed by atoms with van der Waals surface area (Å²) < 4.78 is 52.1. The predicted octanol–water partition coefficient (Wildman–Crippen LogP) is 5.48. The van der Waals surface area contributed by atoms with E-state index in [9.17, 15) is 22.4 Å². The van der Waals surface area contributed by atoms with E-state index in [4.69, 9.17) is 0 Å². The lowest BCUT2D eigenvalue weighted by Gasteiger charge is -2.26. The molecule has 35 heavy (non-hydrogen) atoms. The van der Waals surface area contributed by atoms with Gasteiger partial charge in [0, 0.05) is 19.3 Å². The van der Waals surface area contributed by atoms with Crippen molar-refractivity contribution in [3.63, 3.8) is 0 Å². The van der Waals surface area contributed by atoms with Crippen LogP contribution < -0.4 is 10.6 Å². The van der Waals surface area contributed by atoms with Crippen molar-refractivity contribution in [2.24, 2.45) is 0 Å². The number of fused-ring (bicyclic) bond motifs is 1. The van der Waals surface area contributed by atoms with Gasteiger partial charge in [-0.3, -0.25) is 15.1 Å². The highest BCUT2D eigenvalue weighted by atomic mass is 19.4. The number of nitrogens with one attached hydrogen (secondary N) is 2. The van der Waals surface area contributed by atoms with Crippen molar-refractivity contribution < 1.29 is 22.4 Å². The number of carbonyl (C=O) groups is 1. The molecule has 0 radical (unpaired) electrons. The van der Waals surface area contributed by atoms with Crippen molar-refractivity contribution in [1.82, 2.24) is 15.6 Å². The molecule has 0 saturated heterocycles. The molecular weight excluding hydrogens is 458 g/mol. The Hall–Kier alpha value is -3.26. The fourth-order valence-corrected chi connectivity index (χ4v) is 4.53. The summed E-state index contributed by atoms with van der Waals surface area (Å²) in [7, 11) is 1.54. The van der Waals surface area contributed by atoms with E-state index in [0.29, 0.717) is 24.0 Å². The standard InChI is InChI=1S/C27H27F4N3O/c1-32-26(35)25(19-9-11-22(28)12-10-19)34-23(21-8-7-18-3-2-4-20(18)15-21)13-5-17-6-14-24(33-16-17)27(29,30)31/h6-12,14-16,23,25,34H,2-5,13H2,1H3,(H,32,35). The fourth-order valence-electron chi connectivity index (χ4n) is 4.53. The minimum absolute atomic E-state index is 0.265.